The Morgan fingerprint density at radius 2 is 2.00 bits per heavy atom. The van der Waals surface area contributed by atoms with Crippen molar-refractivity contribution in [2.24, 2.45) is 0 Å². The molecule has 3 heterocycles. The molecule has 0 aromatic carbocycles. The number of nitrogens with one attached hydrogen (secondary N) is 2. The Bertz CT molecular complexity index is 966. The van der Waals surface area contributed by atoms with E-state index in [1.807, 2.05) is 18.3 Å². The number of likely N-dealkylation sites (tertiary alicyclic amines) is 1. The second-order valence-corrected chi connectivity index (χ2v) is 10.1. The van der Waals surface area contributed by atoms with Gasteiger partial charge < -0.3 is 10.2 Å². The SMILES string of the molecule is CN1CCCCC1CNS(=O)(=O)c1cccc(NCC2CCCc3cccnc32)n1. The standard InChI is InChI=1S/C22H31N5O2S/c1-27-14-3-2-10-19(27)16-25-30(28,29)21-12-5-11-20(26-21)24-15-18-8-4-7-17-9-6-13-23-22(17)18/h5-6,9,11-13,18-19,25H,2-4,7-8,10,14-16H2,1H3,(H,24,26). The maximum absolute atomic E-state index is 12.8. The normalized spacial score (nSPS) is 22.4. The molecule has 2 atom stereocenters. The van der Waals surface area contributed by atoms with Crippen LogP contribution in [-0.4, -0.2) is 56.0 Å². The number of sulfonamides is 1. The van der Waals surface area contributed by atoms with Crippen LogP contribution in [0, 0.1) is 0 Å². The number of hydrogen-bond donors (Lipinski definition) is 2. The van der Waals surface area contributed by atoms with Gasteiger partial charge >= 0.3 is 0 Å². The smallest absolute Gasteiger partial charge is 0.258 e. The van der Waals surface area contributed by atoms with E-state index in [1.165, 1.54) is 12.0 Å². The minimum Gasteiger partial charge on any atom is -0.369 e. The van der Waals surface area contributed by atoms with E-state index in [1.54, 1.807) is 12.1 Å². The van der Waals surface area contributed by atoms with Crippen molar-refractivity contribution < 1.29 is 8.42 Å². The number of rotatable bonds is 7. The van der Waals surface area contributed by atoms with Gasteiger partial charge in [-0.1, -0.05) is 18.6 Å². The topological polar surface area (TPSA) is 87.2 Å². The summed E-state index contributed by atoms with van der Waals surface area (Å²) in [6.45, 7) is 2.13. The van der Waals surface area contributed by atoms with Gasteiger partial charge in [-0.2, -0.15) is 0 Å². The molecule has 0 amide bonds. The van der Waals surface area contributed by atoms with Gasteiger partial charge in [0.1, 0.15) is 5.82 Å². The van der Waals surface area contributed by atoms with Crippen molar-refractivity contribution in [2.75, 3.05) is 32.0 Å². The average Bonchev–Trinajstić information content (AvgIpc) is 2.77. The monoisotopic (exact) mass is 429 g/mol. The lowest BCUT2D eigenvalue weighted by Gasteiger charge is -2.32. The third kappa shape index (κ3) is 4.99. The minimum absolute atomic E-state index is 0.0631. The summed E-state index contributed by atoms with van der Waals surface area (Å²) in [6, 6.07) is 9.49. The van der Waals surface area contributed by atoms with Crippen LogP contribution >= 0.6 is 0 Å². The molecule has 0 saturated carbocycles. The predicted octanol–water partition coefficient (Wildman–Crippen LogP) is 2.77. The largest absolute Gasteiger partial charge is 0.369 e. The Labute approximate surface area is 179 Å². The Kier molecular flexibility index (Phi) is 6.65. The van der Waals surface area contributed by atoms with E-state index in [-0.39, 0.29) is 11.1 Å². The number of anilines is 1. The van der Waals surface area contributed by atoms with Crippen molar-refractivity contribution in [3.8, 4) is 0 Å². The van der Waals surface area contributed by atoms with Crippen LogP contribution in [-0.2, 0) is 16.4 Å². The molecule has 162 valence electrons. The van der Waals surface area contributed by atoms with Gasteiger partial charge in [0, 0.05) is 36.9 Å². The summed E-state index contributed by atoms with van der Waals surface area (Å²) in [7, 11) is -1.58. The zero-order chi connectivity index (χ0) is 21.0. The molecular formula is C22H31N5O2S. The molecule has 7 nitrogen and oxygen atoms in total. The Morgan fingerprint density at radius 1 is 1.10 bits per heavy atom. The average molecular weight is 430 g/mol. The van der Waals surface area contributed by atoms with Gasteiger partial charge in [-0.25, -0.2) is 18.1 Å². The van der Waals surface area contributed by atoms with Crippen LogP contribution < -0.4 is 10.0 Å². The summed E-state index contributed by atoms with van der Waals surface area (Å²) in [5, 5.41) is 3.39. The molecule has 1 aliphatic carbocycles. The number of piperidine rings is 1. The quantitative estimate of drug-likeness (QED) is 0.704. The van der Waals surface area contributed by atoms with E-state index in [4.69, 9.17) is 0 Å². The minimum atomic E-state index is -3.64. The molecular weight excluding hydrogens is 398 g/mol. The fraction of sp³-hybridized carbons (Fsp3) is 0.545. The van der Waals surface area contributed by atoms with Gasteiger partial charge in [-0.15, -0.1) is 0 Å². The van der Waals surface area contributed by atoms with Crippen molar-refractivity contribution in [1.82, 2.24) is 19.6 Å². The number of aromatic nitrogens is 2. The van der Waals surface area contributed by atoms with Crippen LogP contribution in [0.2, 0.25) is 0 Å². The predicted molar refractivity (Wildman–Crippen MR) is 118 cm³/mol. The number of likely N-dealkylation sites (N-methyl/N-ethyl adjacent to an activating group) is 1. The summed E-state index contributed by atoms with van der Waals surface area (Å²) >= 11 is 0. The van der Waals surface area contributed by atoms with E-state index in [0.717, 1.165) is 44.3 Å². The third-order valence-corrected chi connectivity index (χ3v) is 7.60. The van der Waals surface area contributed by atoms with Gasteiger partial charge in [0.25, 0.3) is 10.0 Å². The van der Waals surface area contributed by atoms with Crippen molar-refractivity contribution >= 4 is 15.8 Å². The fourth-order valence-corrected chi connectivity index (χ4v) is 5.51. The van der Waals surface area contributed by atoms with Gasteiger partial charge in [0.15, 0.2) is 5.03 Å². The molecule has 2 unspecified atom stereocenters. The first-order chi connectivity index (χ1) is 14.5. The highest BCUT2D eigenvalue weighted by Crippen LogP contribution is 2.29. The number of fused-ring (bicyclic) bond motifs is 1. The maximum atomic E-state index is 12.8. The Balaban J connectivity index is 1.39. The first-order valence-electron chi connectivity index (χ1n) is 10.9. The van der Waals surface area contributed by atoms with Crippen molar-refractivity contribution in [3.63, 3.8) is 0 Å². The number of pyridine rings is 2. The van der Waals surface area contributed by atoms with Crippen molar-refractivity contribution in [2.45, 2.75) is 55.5 Å². The molecule has 30 heavy (non-hydrogen) atoms. The number of nitrogens with zero attached hydrogens (tertiary/aromatic N) is 3. The molecule has 0 spiro atoms. The zero-order valence-corrected chi connectivity index (χ0v) is 18.4. The lowest BCUT2D eigenvalue weighted by Crippen LogP contribution is -2.44. The summed E-state index contributed by atoms with van der Waals surface area (Å²) in [6.07, 6.45) is 8.48. The summed E-state index contributed by atoms with van der Waals surface area (Å²) in [5.41, 5.74) is 2.47. The van der Waals surface area contributed by atoms with Crippen LogP contribution in [0.25, 0.3) is 0 Å². The molecule has 2 aromatic rings. The first kappa shape index (κ1) is 21.2. The van der Waals surface area contributed by atoms with Crippen LogP contribution in [0.3, 0.4) is 0 Å². The molecule has 8 heteroatoms. The molecule has 2 aromatic heterocycles. The second kappa shape index (κ2) is 9.41. The van der Waals surface area contributed by atoms with E-state index < -0.39 is 10.0 Å². The van der Waals surface area contributed by atoms with E-state index in [0.29, 0.717) is 24.8 Å². The van der Waals surface area contributed by atoms with Gasteiger partial charge in [0.05, 0.1) is 0 Å². The van der Waals surface area contributed by atoms with Crippen molar-refractivity contribution in [1.29, 1.82) is 0 Å². The summed E-state index contributed by atoms with van der Waals surface area (Å²) < 4.78 is 28.3. The highest BCUT2D eigenvalue weighted by atomic mass is 32.2. The fourth-order valence-electron chi connectivity index (χ4n) is 4.48. The van der Waals surface area contributed by atoms with Gasteiger partial charge in [-0.05, 0) is 69.5 Å². The Hall–Kier alpha value is -2.03. The van der Waals surface area contributed by atoms with Crippen LogP contribution in [0.5, 0.6) is 0 Å². The lowest BCUT2D eigenvalue weighted by molar-refractivity contribution is 0.187. The van der Waals surface area contributed by atoms with E-state index >= 15 is 0 Å². The highest BCUT2D eigenvalue weighted by Gasteiger charge is 2.24. The van der Waals surface area contributed by atoms with Gasteiger partial charge in [-0.3, -0.25) is 4.98 Å². The third-order valence-electron chi connectivity index (χ3n) is 6.27. The molecule has 1 aliphatic heterocycles. The lowest BCUT2D eigenvalue weighted by atomic mass is 9.86. The van der Waals surface area contributed by atoms with Gasteiger partial charge in [0.2, 0.25) is 0 Å². The molecule has 2 aliphatic rings. The molecule has 2 N–H and O–H groups in total. The molecule has 1 saturated heterocycles. The molecule has 4 rings (SSSR count). The summed E-state index contributed by atoms with van der Waals surface area (Å²) in [5.74, 6) is 0.896. The number of hydrogen-bond acceptors (Lipinski definition) is 6. The van der Waals surface area contributed by atoms with Crippen LogP contribution in [0.1, 0.15) is 49.3 Å². The number of aryl methyl sites for hydroxylation is 1. The Morgan fingerprint density at radius 3 is 2.87 bits per heavy atom. The maximum Gasteiger partial charge on any atom is 0.258 e. The van der Waals surface area contributed by atoms with E-state index in [2.05, 4.69) is 38.0 Å². The van der Waals surface area contributed by atoms with Crippen LogP contribution in [0.15, 0.2) is 41.6 Å². The van der Waals surface area contributed by atoms with E-state index in [9.17, 15) is 8.42 Å². The second-order valence-electron chi connectivity index (χ2n) is 8.36. The molecule has 1 fully saturated rings. The first-order valence-corrected chi connectivity index (χ1v) is 12.4. The molecule has 0 radical (unpaired) electrons. The van der Waals surface area contributed by atoms with Crippen molar-refractivity contribution in [3.05, 3.63) is 47.8 Å². The highest BCUT2D eigenvalue weighted by molar-refractivity contribution is 7.89. The van der Waals surface area contributed by atoms with Crippen LogP contribution in [0.4, 0.5) is 5.82 Å². The zero-order valence-electron chi connectivity index (χ0n) is 17.5. The summed E-state index contributed by atoms with van der Waals surface area (Å²) in [4.78, 5) is 11.2. The molecule has 0 bridgehead atoms.